The summed E-state index contributed by atoms with van der Waals surface area (Å²) in [4.78, 5) is 2.89. The van der Waals surface area contributed by atoms with Gasteiger partial charge >= 0.3 is 0 Å². The summed E-state index contributed by atoms with van der Waals surface area (Å²) in [6.45, 7) is 14.4. The normalized spacial score (nSPS) is 35.0. The van der Waals surface area contributed by atoms with Gasteiger partial charge in [-0.3, -0.25) is 4.90 Å². The van der Waals surface area contributed by atoms with Crippen LogP contribution < -0.4 is 5.32 Å². The molecule has 0 radical (unpaired) electrons. The van der Waals surface area contributed by atoms with Crippen LogP contribution in [0.5, 0.6) is 0 Å². The Morgan fingerprint density at radius 1 is 1.10 bits per heavy atom. The van der Waals surface area contributed by atoms with E-state index in [4.69, 9.17) is 0 Å². The largest absolute Gasteiger partial charge is 0.310 e. The van der Waals surface area contributed by atoms with E-state index in [1.54, 1.807) is 0 Å². The lowest BCUT2D eigenvalue weighted by atomic mass is 9.80. The van der Waals surface area contributed by atoms with Gasteiger partial charge < -0.3 is 5.32 Å². The Balaban J connectivity index is 2.14. The van der Waals surface area contributed by atoms with Gasteiger partial charge in [0.25, 0.3) is 0 Å². The minimum atomic E-state index is 0.358. The number of nitrogens with one attached hydrogen (secondary N) is 1. The highest BCUT2D eigenvalue weighted by atomic mass is 15.3. The minimum absolute atomic E-state index is 0.358. The van der Waals surface area contributed by atoms with Crippen molar-refractivity contribution in [2.75, 3.05) is 13.1 Å². The van der Waals surface area contributed by atoms with Crippen molar-refractivity contribution in [3.8, 4) is 0 Å². The maximum Gasteiger partial charge on any atom is 0.0306 e. The number of hydrogen-bond donors (Lipinski definition) is 1. The summed E-state index contributed by atoms with van der Waals surface area (Å²) < 4.78 is 0. The van der Waals surface area contributed by atoms with Gasteiger partial charge in [-0.25, -0.2) is 0 Å². The Morgan fingerprint density at radius 3 is 2.20 bits per heavy atom. The van der Waals surface area contributed by atoms with E-state index < -0.39 is 0 Å². The lowest BCUT2D eigenvalue weighted by molar-refractivity contribution is -0.0152. The highest BCUT2D eigenvalue weighted by molar-refractivity contribution is 5.00. The first-order valence-electron chi connectivity index (χ1n) is 8.87. The van der Waals surface area contributed by atoms with Gasteiger partial charge in [-0.05, 0) is 31.6 Å². The Labute approximate surface area is 126 Å². The molecule has 2 rings (SSSR count). The van der Waals surface area contributed by atoms with E-state index >= 15 is 0 Å². The van der Waals surface area contributed by atoms with Gasteiger partial charge in [0.2, 0.25) is 0 Å². The van der Waals surface area contributed by atoms with E-state index in [-0.39, 0.29) is 0 Å². The first kappa shape index (κ1) is 16.3. The zero-order valence-electron chi connectivity index (χ0n) is 14.5. The van der Waals surface area contributed by atoms with Crippen LogP contribution in [-0.2, 0) is 0 Å². The summed E-state index contributed by atoms with van der Waals surface area (Å²) in [7, 11) is 0. The zero-order chi connectivity index (χ0) is 14.8. The monoisotopic (exact) mass is 280 g/mol. The van der Waals surface area contributed by atoms with Gasteiger partial charge in [-0.1, -0.05) is 53.4 Å². The molecule has 0 aromatic carbocycles. The van der Waals surface area contributed by atoms with Crippen molar-refractivity contribution in [1.82, 2.24) is 10.2 Å². The Morgan fingerprint density at radius 2 is 1.70 bits per heavy atom. The first-order chi connectivity index (χ1) is 9.37. The molecule has 0 aromatic heterocycles. The van der Waals surface area contributed by atoms with Crippen LogP contribution in [0.15, 0.2) is 0 Å². The van der Waals surface area contributed by atoms with E-state index in [0.29, 0.717) is 17.0 Å². The standard InChI is InChI=1S/C18H36N2/c1-6-18(5)14-19-16(17(2,3)4)13-20(18)15-11-9-7-8-10-12-15/h15-16,19H,6-14H2,1-5H3. The Bertz CT molecular complexity index is 299. The van der Waals surface area contributed by atoms with E-state index in [1.165, 1.54) is 51.5 Å². The zero-order valence-corrected chi connectivity index (χ0v) is 14.5. The molecule has 2 unspecified atom stereocenters. The Kier molecular flexibility index (Phi) is 5.18. The van der Waals surface area contributed by atoms with Crippen LogP contribution in [0, 0.1) is 5.41 Å². The molecule has 1 saturated carbocycles. The van der Waals surface area contributed by atoms with Crippen molar-refractivity contribution in [3.63, 3.8) is 0 Å². The second-order valence-corrected chi connectivity index (χ2v) is 8.45. The predicted molar refractivity (Wildman–Crippen MR) is 88.1 cm³/mol. The van der Waals surface area contributed by atoms with Crippen molar-refractivity contribution in [3.05, 3.63) is 0 Å². The van der Waals surface area contributed by atoms with E-state index in [1.807, 2.05) is 0 Å². The van der Waals surface area contributed by atoms with E-state index in [9.17, 15) is 0 Å². The lowest BCUT2D eigenvalue weighted by Gasteiger charge is -2.54. The maximum atomic E-state index is 3.84. The fraction of sp³-hybridized carbons (Fsp3) is 1.00. The molecular formula is C18H36N2. The van der Waals surface area contributed by atoms with Gasteiger partial charge in [0.1, 0.15) is 0 Å². The maximum absolute atomic E-state index is 3.84. The van der Waals surface area contributed by atoms with Crippen LogP contribution in [0.3, 0.4) is 0 Å². The van der Waals surface area contributed by atoms with Gasteiger partial charge in [0.05, 0.1) is 0 Å². The third-order valence-corrected chi connectivity index (χ3v) is 5.87. The molecule has 2 atom stereocenters. The van der Waals surface area contributed by atoms with Gasteiger partial charge in [0, 0.05) is 30.7 Å². The quantitative estimate of drug-likeness (QED) is 0.763. The van der Waals surface area contributed by atoms with Crippen LogP contribution in [0.2, 0.25) is 0 Å². The molecular weight excluding hydrogens is 244 g/mol. The molecule has 0 aromatic rings. The summed E-state index contributed by atoms with van der Waals surface area (Å²) >= 11 is 0. The molecule has 2 fully saturated rings. The molecule has 2 nitrogen and oxygen atoms in total. The molecule has 0 spiro atoms. The molecule has 1 heterocycles. The van der Waals surface area contributed by atoms with Gasteiger partial charge in [-0.15, -0.1) is 0 Å². The third kappa shape index (κ3) is 3.57. The molecule has 1 aliphatic carbocycles. The van der Waals surface area contributed by atoms with Crippen molar-refractivity contribution >= 4 is 0 Å². The number of rotatable bonds is 2. The van der Waals surface area contributed by atoms with Crippen LogP contribution in [-0.4, -0.2) is 35.6 Å². The minimum Gasteiger partial charge on any atom is -0.310 e. The van der Waals surface area contributed by atoms with Crippen LogP contribution in [0.25, 0.3) is 0 Å². The van der Waals surface area contributed by atoms with E-state index in [0.717, 1.165) is 12.6 Å². The van der Waals surface area contributed by atoms with Gasteiger partial charge in [-0.2, -0.15) is 0 Å². The van der Waals surface area contributed by atoms with Gasteiger partial charge in [0.15, 0.2) is 0 Å². The summed E-state index contributed by atoms with van der Waals surface area (Å²) in [6, 6.07) is 1.46. The topological polar surface area (TPSA) is 15.3 Å². The molecule has 1 saturated heterocycles. The predicted octanol–water partition coefficient (Wildman–Crippen LogP) is 4.20. The molecule has 20 heavy (non-hydrogen) atoms. The fourth-order valence-corrected chi connectivity index (χ4v) is 3.99. The molecule has 2 heteroatoms. The average Bonchev–Trinajstić information content (AvgIpc) is 2.66. The number of piperazine rings is 1. The van der Waals surface area contributed by atoms with E-state index in [2.05, 4.69) is 44.8 Å². The Hall–Kier alpha value is -0.0800. The van der Waals surface area contributed by atoms with Crippen LogP contribution >= 0.6 is 0 Å². The molecule has 1 N–H and O–H groups in total. The molecule has 2 aliphatic rings. The summed E-state index contributed by atoms with van der Waals surface area (Å²) in [5.74, 6) is 0. The summed E-state index contributed by atoms with van der Waals surface area (Å²) in [5, 5.41) is 3.84. The van der Waals surface area contributed by atoms with Crippen LogP contribution in [0.4, 0.5) is 0 Å². The fourth-order valence-electron chi connectivity index (χ4n) is 3.99. The molecule has 0 amide bonds. The first-order valence-corrected chi connectivity index (χ1v) is 8.87. The average molecular weight is 280 g/mol. The third-order valence-electron chi connectivity index (χ3n) is 5.87. The van der Waals surface area contributed by atoms with Crippen LogP contribution in [0.1, 0.15) is 79.6 Å². The second-order valence-electron chi connectivity index (χ2n) is 8.45. The SMILES string of the molecule is CCC1(C)CNC(C(C)(C)C)CN1C1CCCCCC1. The lowest BCUT2D eigenvalue weighted by Crippen LogP contribution is -2.67. The number of hydrogen-bond acceptors (Lipinski definition) is 2. The molecule has 118 valence electrons. The number of nitrogens with zero attached hydrogens (tertiary/aromatic N) is 1. The second kappa shape index (κ2) is 6.36. The smallest absolute Gasteiger partial charge is 0.0306 e. The van der Waals surface area contributed by atoms with Crippen molar-refractivity contribution < 1.29 is 0 Å². The molecule has 0 bridgehead atoms. The van der Waals surface area contributed by atoms with Crippen molar-refractivity contribution in [2.45, 2.75) is 97.2 Å². The molecule has 1 aliphatic heterocycles. The highest BCUT2D eigenvalue weighted by Crippen LogP contribution is 2.34. The van der Waals surface area contributed by atoms with Crippen molar-refractivity contribution in [1.29, 1.82) is 0 Å². The van der Waals surface area contributed by atoms with Crippen molar-refractivity contribution in [2.24, 2.45) is 5.41 Å². The summed E-state index contributed by atoms with van der Waals surface area (Å²) in [6.07, 6.45) is 9.89. The summed E-state index contributed by atoms with van der Waals surface area (Å²) in [5.41, 5.74) is 0.717. The highest BCUT2D eigenvalue weighted by Gasteiger charge is 2.42.